The fourth-order valence-electron chi connectivity index (χ4n) is 8.59. The van der Waals surface area contributed by atoms with Crippen LogP contribution in [0.15, 0.2) is 11.6 Å². The summed E-state index contributed by atoms with van der Waals surface area (Å²) in [5.74, 6) is 3.78. The maximum absolute atomic E-state index is 10.3. The molecule has 0 bridgehead atoms. The molecule has 0 aromatic heterocycles. The Morgan fingerprint density at radius 2 is 1.80 bits per heavy atom. The molecule has 0 amide bonds. The van der Waals surface area contributed by atoms with E-state index in [0.717, 1.165) is 42.9 Å². The van der Waals surface area contributed by atoms with Gasteiger partial charge in [-0.1, -0.05) is 32.4 Å². The summed E-state index contributed by atoms with van der Waals surface area (Å²) in [4.78, 5) is 0. The van der Waals surface area contributed by atoms with Crippen LogP contribution in [0.1, 0.15) is 98.8 Å². The van der Waals surface area contributed by atoms with Gasteiger partial charge in [-0.25, -0.2) is 0 Å². The van der Waals surface area contributed by atoms with Crippen molar-refractivity contribution in [3.8, 4) is 0 Å². The lowest BCUT2D eigenvalue weighted by Gasteiger charge is -2.58. The Kier molecular flexibility index (Phi) is 5.99. The second-order valence-electron chi connectivity index (χ2n) is 12.6. The van der Waals surface area contributed by atoms with Gasteiger partial charge in [-0.05, 0) is 118 Å². The number of fused-ring (bicyclic) bond motifs is 5. The van der Waals surface area contributed by atoms with E-state index in [0.29, 0.717) is 23.2 Å². The molecule has 3 nitrogen and oxygen atoms in total. The monoisotopic (exact) mass is 418 g/mol. The van der Waals surface area contributed by atoms with Gasteiger partial charge in [-0.15, -0.1) is 0 Å². The molecule has 0 saturated heterocycles. The highest BCUT2D eigenvalue weighted by Gasteiger charge is 2.59. The fourth-order valence-corrected chi connectivity index (χ4v) is 8.59. The molecular weight excluding hydrogens is 372 g/mol. The van der Waals surface area contributed by atoms with Gasteiger partial charge < -0.3 is 15.3 Å². The first-order valence-electron chi connectivity index (χ1n) is 12.7. The predicted molar refractivity (Wildman–Crippen MR) is 122 cm³/mol. The lowest BCUT2D eigenvalue weighted by Crippen LogP contribution is -2.50. The van der Waals surface area contributed by atoms with Crippen molar-refractivity contribution in [2.75, 3.05) is 0 Å². The third kappa shape index (κ3) is 3.71. The molecule has 9 atom stereocenters. The van der Waals surface area contributed by atoms with Crippen LogP contribution in [-0.2, 0) is 0 Å². The summed E-state index contributed by atoms with van der Waals surface area (Å²) < 4.78 is 0. The molecule has 172 valence electrons. The maximum Gasteiger partial charge on any atom is 0.0849 e. The van der Waals surface area contributed by atoms with Crippen molar-refractivity contribution in [2.24, 2.45) is 40.4 Å². The molecule has 3 N–H and O–H groups in total. The molecule has 4 aliphatic carbocycles. The first kappa shape index (κ1) is 22.8. The van der Waals surface area contributed by atoms with Crippen molar-refractivity contribution < 1.29 is 15.3 Å². The van der Waals surface area contributed by atoms with Gasteiger partial charge in [-0.2, -0.15) is 0 Å². The molecule has 4 rings (SSSR count). The quantitative estimate of drug-likeness (QED) is 0.519. The number of aliphatic hydroxyl groups is 3. The summed E-state index contributed by atoms with van der Waals surface area (Å²) in [6, 6.07) is 0. The number of allylic oxidation sites excluding steroid dienone is 1. The van der Waals surface area contributed by atoms with E-state index < -0.39 is 11.7 Å². The minimum absolute atomic E-state index is 0.120. The molecule has 0 aliphatic heterocycles. The largest absolute Gasteiger partial charge is 0.393 e. The third-order valence-corrected chi connectivity index (χ3v) is 10.5. The van der Waals surface area contributed by atoms with Gasteiger partial charge in [0.25, 0.3) is 0 Å². The Bertz CT molecular complexity index is 664. The highest BCUT2D eigenvalue weighted by atomic mass is 16.3. The van der Waals surface area contributed by atoms with E-state index in [2.05, 4.69) is 26.8 Å². The second kappa shape index (κ2) is 7.89. The van der Waals surface area contributed by atoms with Gasteiger partial charge in [0.05, 0.1) is 17.8 Å². The molecule has 3 fully saturated rings. The number of hydrogen-bond acceptors (Lipinski definition) is 3. The molecule has 30 heavy (non-hydrogen) atoms. The first-order chi connectivity index (χ1) is 14.0. The molecule has 0 spiro atoms. The van der Waals surface area contributed by atoms with Crippen molar-refractivity contribution in [3.63, 3.8) is 0 Å². The van der Waals surface area contributed by atoms with E-state index in [-0.39, 0.29) is 6.10 Å². The Morgan fingerprint density at radius 1 is 1.07 bits per heavy atom. The van der Waals surface area contributed by atoms with E-state index >= 15 is 0 Å². The molecule has 3 heteroatoms. The van der Waals surface area contributed by atoms with Crippen molar-refractivity contribution in [2.45, 2.75) is 117 Å². The normalized spacial score (nSPS) is 45.7. The van der Waals surface area contributed by atoms with Crippen LogP contribution in [0.5, 0.6) is 0 Å². The van der Waals surface area contributed by atoms with E-state index in [4.69, 9.17) is 0 Å². The van der Waals surface area contributed by atoms with Crippen LogP contribution < -0.4 is 0 Å². The van der Waals surface area contributed by atoms with Gasteiger partial charge in [0.2, 0.25) is 0 Å². The van der Waals surface area contributed by atoms with Crippen LogP contribution in [0.25, 0.3) is 0 Å². The van der Waals surface area contributed by atoms with Gasteiger partial charge in [0.1, 0.15) is 0 Å². The highest BCUT2D eigenvalue weighted by Crippen LogP contribution is 2.67. The third-order valence-electron chi connectivity index (χ3n) is 10.5. The average Bonchev–Trinajstić information content (AvgIpc) is 3.03. The number of rotatable bonds is 5. The number of aliphatic hydroxyl groups excluding tert-OH is 2. The van der Waals surface area contributed by atoms with Gasteiger partial charge in [0.15, 0.2) is 0 Å². The molecule has 0 heterocycles. The lowest BCUT2D eigenvalue weighted by molar-refractivity contribution is -0.0656. The van der Waals surface area contributed by atoms with Crippen LogP contribution >= 0.6 is 0 Å². The smallest absolute Gasteiger partial charge is 0.0849 e. The zero-order valence-corrected chi connectivity index (χ0v) is 20.0. The zero-order valence-electron chi connectivity index (χ0n) is 20.0. The average molecular weight is 419 g/mol. The maximum atomic E-state index is 10.3. The fraction of sp³-hybridized carbons (Fsp3) is 0.926. The topological polar surface area (TPSA) is 60.7 Å². The Balaban J connectivity index is 1.47. The highest BCUT2D eigenvalue weighted by molar-refractivity contribution is 5.25. The molecule has 0 aromatic carbocycles. The van der Waals surface area contributed by atoms with E-state index in [1.807, 2.05) is 0 Å². The molecular formula is C27H46O3. The Hall–Kier alpha value is -0.380. The summed E-state index contributed by atoms with van der Waals surface area (Å²) >= 11 is 0. The zero-order chi connectivity index (χ0) is 21.9. The second-order valence-corrected chi connectivity index (χ2v) is 12.6. The number of hydrogen-bond donors (Lipinski definition) is 3. The molecule has 0 aromatic rings. The summed E-state index contributed by atoms with van der Waals surface area (Å²) in [5.41, 5.74) is 1.31. The Morgan fingerprint density at radius 3 is 2.50 bits per heavy atom. The summed E-state index contributed by atoms with van der Waals surface area (Å²) in [5, 5.41) is 30.6. The summed E-state index contributed by atoms with van der Waals surface area (Å²) in [7, 11) is 0. The van der Waals surface area contributed by atoms with Crippen molar-refractivity contribution in [3.05, 3.63) is 11.6 Å². The Labute approximate surface area is 184 Å². The lowest BCUT2D eigenvalue weighted by atomic mass is 9.47. The van der Waals surface area contributed by atoms with Crippen molar-refractivity contribution >= 4 is 0 Å². The first-order valence-corrected chi connectivity index (χ1v) is 12.7. The van der Waals surface area contributed by atoms with Gasteiger partial charge in [-0.3, -0.25) is 0 Å². The molecule has 3 saturated carbocycles. The van der Waals surface area contributed by atoms with E-state index in [9.17, 15) is 15.3 Å². The van der Waals surface area contributed by atoms with Crippen LogP contribution in [0.2, 0.25) is 0 Å². The molecule has 0 radical (unpaired) electrons. The SMILES string of the molecule is C[C@H](CC[C@H](O)C(C)(C)O)[C@H]1CC[C@H]2[C@@H]3CC=C4CC(O)CC[C@]4(C)[C@H]3CC[C@]12C. The minimum atomic E-state index is -1.00. The predicted octanol–water partition coefficient (Wildman–Crippen LogP) is 5.47. The minimum Gasteiger partial charge on any atom is -0.393 e. The molecule has 4 aliphatic rings. The standard InChI is InChI=1S/C27H46O3/c1-17(6-11-24(29)25(2,3)30)21-9-10-22-20-8-7-18-16-19(28)12-14-26(18,4)23(20)13-15-27(21,22)5/h7,17,19-24,28-30H,6,8-16H2,1-5H3/t17-,19?,20+,21-,22+,23+,24+,26+,27-/m1/s1. The summed E-state index contributed by atoms with van der Waals surface area (Å²) in [6.07, 6.45) is 13.1. The van der Waals surface area contributed by atoms with Crippen molar-refractivity contribution in [1.29, 1.82) is 0 Å². The van der Waals surface area contributed by atoms with Gasteiger partial charge in [0, 0.05) is 0 Å². The van der Waals surface area contributed by atoms with Gasteiger partial charge >= 0.3 is 0 Å². The van der Waals surface area contributed by atoms with Crippen LogP contribution in [-0.4, -0.2) is 33.1 Å². The molecule has 1 unspecified atom stereocenters. The van der Waals surface area contributed by atoms with E-state index in [1.165, 1.54) is 38.5 Å². The van der Waals surface area contributed by atoms with Crippen LogP contribution in [0.4, 0.5) is 0 Å². The van der Waals surface area contributed by atoms with Crippen LogP contribution in [0.3, 0.4) is 0 Å². The van der Waals surface area contributed by atoms with Crippen molar-refractivity contribution in [1.82, 2.24) is 0 Å². The summed E-state index contributed by atoms with van der Waals surface area (Å²) in [6.45, 7) is 10.9. The van der Waals surface area contributed by atoms with Crippen LogP contribution in [0, 0.1) is 40.4 Å². The van der Waals surface area contributed by atoms with E-state index in [1.54, 1.807) is 19.4 Å².